The number of nitrogens with zero attached hydrogens (tertiary/aromatic N) is 2. The van der Waals surface area contributed by atoms with Gasteiger partial charge in [0.1, 0.15) is 5.60 Å². The molecule has 1 aromatic rings. The summed E-state index contributed by atoms with van der Waals surface area (Å²) in [6.45, 7) is 15.6. The maximum atomic E-state index is 7.15. The zero-order chi connectivity index (χ0) is 29.3. The predicted octanol–water partition coefficient (Wildman–Crippen LogP) is 7.13. The highest BCUT2D eigenvalue weighted by atomic mass is 16.5. The van der Waals surface area contributed by atoms with Crippen LogP contribution >= 0.6 is 0 Å². The average molecular weight is 597 g/mol. The van der Waals surface area contributed by atoms with Crippen molar-refractivity contribution in [2.24, 2.45) is 34.5 Å². The topological polar surface area (TPSA) is 47.3 Å². The first-order valence-electron chi connectivity index (χ1n) is 18.3. The van der Waals surface area contributed by atoms with E-state index in [-0.39, 0.29) is 11.0 Å². The highest BCUT2D eigenvalue weighted by Crippen LogP contribution is 2.71. The number of rotatable bonds is 12. The van der Waals surface area contributed by atoms with Gasteiger partial charge in [0, 0.05) is 24.1 Å². The Morgan fingerprint density at radius 2 is 1.53 bits per heavy atom. The average Bonchev–Trinajstić information content (AvgIpc) is 3.83. The summed E-state index contributed by atoms with van der Waals surface area (Å²) >= 11 is 0. The lowest BCUT2D eigenvalue weighted by molar-refractivity contribution is -0.185. The standard InChI is InChI=1S/C37H60N2O4/c1-35-13-9-31(42-26-25-40-23-20-38-16-3-4-17-38)27-29(35)7-8-32-33(35)10-14-36(2)34(32)11-15-37(36,30-12-22-41-28-30)43-24-21-39-18-5-6-19-39/h12,22,28-29,31-34H,3-11,13-21,23-27H2,1-2H3/t29?,31?,32-,33-,34+,35+,36+,37?/m1/s1. The molecular formula is C37H60N2O4. The molecule has 3 heterocycles. The van der Waals surface area contributed by atoms with Gasteiger partial charge in [0.05, 0.1) is 45.1 Å². The van der Waals surface area contributed by atoms with E-state index in [4.69, 9.17) is 18.6 Å². The molecule has 7 rings (SSSR count). The van der Waals surface area contributed by atoms with Crippen molar-refractivity contribution in [3.8, 4) is 0 Å². The van der Waals surface area contributed by atoms with Crippen LogP contribution in [-0.4, -0.2) is 81.6 Å². The first-order chi connectivity index (χ1) is 21.0. The van der Waals surface area contributed by atoms with Gasteiger partial charge in [-0.2, -0.15) is 0 Å². The molecule has 2 saturated heterocycles. The van der Waals surface area contributed by atoms with Gasteiger partial charge in [-0.05, 0) is 145 Å². The van der Waals surface area contributed by atoms with Crippen LogP contribution in [0.2, 0.25) is 0 Å². The normalized spacial score (nSPS) is 41.8. The number of likely N-dealkylation sites (tertiary alicyclic amines) is 2. The van der Waals surface area contributed by atoms with Gasteiger partial charge in [-0.3, -0.25) is 0 Å². The first kappa shape index (κ1) is 30.7. The fourth-order valence-corrected chi connectivity index (χ4v) is 11.6. The van der Waals surface area contributed by atoms with Gasteiger partial charge in [-0.1, -0.05) is 13.8 Å². The molecule has 4 saturated carbocycles. The van der Waals surface area contributed by atoms with Gasteiger partial charge in [0.15, 0.2) is 0 Å². The third kappa shape index (κ3) is 5.79. The molecule has 0 amide bonds. The van der Waals surface area contributed by atoms with E-state index in [1.807, 2.05) is 12.5 Å². The molecule has 0 N–H and O–H groups in total. The van der Waals surface area contributed by atoms with Crippen LogP contribution in [0.25, 0.3) is 0 Å². The zero-order valence-electron chi connectivity index (χ0n) is 27.4. The summed E-state index contributed by atoms with van der Waals surface area (Å²) in [7, 11) is 0. The molecule has 6 fully saturated rings. The second kappa shape index (κ2) is 13.1. The molecule has 0 bridgehead atoms. The Labute approximate surface area is 261 Å². The largest absolute Gasteiger partial charge is 0.472 e. The monoisotopic (exact) mass is 596 g/mol. The Kier molecular flexibility index (Phi) is 9.33. The number of ether oxygens (including phenoxy) is 3. The Morgan fingerprint density at radius 1 is 0.791 bits per heavy atom. The molecule has 0 spiro atoms. The smallest absolute Gasteiger partial charge is 0.102 e. The van der Waals surface area contributed by atoms with Crippen LogP contribution in [0.1, 0.15) is 103 Å². The molecule has 6 heteroatoms. The van der Waals surface area contributed by atoms with Crippen LogP contribution in [0, 0.1) is 34.5 Å². The van der Waals surface area contributed by atoms with Gasteiger partial charge in [-0.25, -0.2) is 0 Å². The lowest BCUT2D eigenvalue weighted by Gasteiger charge is -2.62. The summed E-state index contributed by atoms with van der Waals surface area (Å²) in [5.74, 6) is 3.24. The highest BCUT2D eigenvalue weighted by molar-refractivity contribution is 5.27. The van der Waals surface area contributed by atoms with Crippen molar-refractivity contribution in [3.05, 3.63) is 24.2 Å². The second-order valence-corrected chi connectivity index (χ2v) is 15.8. The molecule has 0 radical (unpaired) electrons. The Morgan fingerprint density at radius 3 is 2.28 bits per heavy atom. The number of hydrogen-bond donors (Lipinski definition) is 0. The Hall–Kier alpha value is -0.920. The Bertz CT molecular complexity index is 1020. The van der Waals surface area contributed by atoms with E-state index in [1.165, 1.54) is 109 Å². The van der Waals surface area contributed by atoms with Crippen LogP contribution in [0.15, 0.2) is 23.0 Å². The van der Waals surface area contributed by atoms with E-state index < -0.39 is 0 Å². The van der Waals surface area contributed by atoms with Gasteiger partial charge in [0.2, 0.25) is 0 Å². The Balaban J connectivity index is 0.955. The minimum Gasteiger partial charge on any atom is -0.472 e. The summed E-state index contributed by atoms with van der Waals surface area (Å²) in [4.78, 5) is 5.12. The molecule has 0 aromatic carbocycles. The molecule has 8 atom stereocenters. The van der Waals surface area contributed by atoms with E-state index in [1.54, 1.807) is 0 Å². The van der Waals surface area contributed by atoms with E-state index in [9.17, 15) is 0 Å². The van der Waals surface area contributed by atoms with Crippen LogP contribution < -0.4 is 0 Å². The number of fused-ring (bicyclic) bond motifs is 5. The molecule has 2 aliphatic heterocycles. The first-order valence-corrected chi connectivity index (χ1v) is 18.3. The zero-order valence-corrected chi connectivity index (χ0v) is 27.4. The van der Waals surface area contributed by atoms with Crippen molar-refractivity contribution < 1.29 is 18.6 Å². The van der Waals surface area contributed by atoms with Crippen LogP contribution in [0.5, 0.6) is 0 Å². The van der Waals surface area contributed by atoms with Crippen molar-refractivity contribution in [1.29, 1.82) is 0 Å². The van der Waals surface area contributed by atoms with Crippen molar-refractivity contribution >= 4 is 0 Å². The number of hydrogen-bond acceptors (Lipinski definition) is 6. The summed E-state index contributed by atoms with van der Waals surface area (Å²) in [5.41, 5.74) is 1.75. The predicted molar refractivity (Wildman–Crippen MR) is 170 cm³/mol. The fraction of sp³-hybridized carbons (Fsp3) is 0.892. The summed E-state index contributed by atoms with van der Waals surface area (Å²) in [6, 6.07) is 2.22. The molecular weight excluding hydrogens is 536 g/mol. The lowest BCUT2D eigenvalue weighted by Crippen LogP contribution is -2.56. The van der Waals surface area contributed by atoms with E-state index >= 15 is 0 Å². The van der Waals surface area contributed by atoms with Gasteiger partial charge >= 0.3 is 0 Å². The molecule has 3 unspecified atom stereocenters. The van der Waals surface area contributed by atoms with Crippen LogP contribution in [0.3, 0.4) is 0 Å². The quantitative estimate of drug-likeness (QED) is 0.239. The minimum atomic E-state index is -0.199. The van der Waals surface area contributed by atoms with Crippen LogP contribution in [-0.2, 0) is 19.8 Å². The molecule has 4 aliphatic carbocycles. The van der Waals surface area contributed by atoms with Crippen molar-refractivity contribution in [2.45, 2.75) is 109 Å². The number of furan rings is 1. The molecule has 6 nitrogen and oxygen atoms in total. The minimum absolute atomic E-state index is 0.182. The molecule has 43 heavy (non-hydrogen) atoms. The lowest BCUT2D eigenvalue weighted by atomic mass is 9.44. The van der Waals surface area contributed by atoms with E-state index in [2.05, 4.69) is 29.7 Å². The fourth-order valence-electron chi connectivity index (χ4n) is 11.6. The van der Waals surface area contributed by atoms with Crippen molar-refractivity contribution in [3.63, 3.8) is 0 Å². The SMILES string of the molecule is C[C@]12CCC(OCCOCCN3CCCC3)CC1CC[C@@H]1[C@H]2CC[C@@]2(C)[C@H]1CCC2(OCCN1CCCC1)c1ccoc1. The summed E-state index contributed by atoms with van der Waals surface area (Å²) in [6.07, 6.45) is 21.4. The molecule has 242 valence electrons. The van der Waals surface area contributed by atoms with Crippen molar-refractivity contribution in [1.82, 2.24) is 9.80 Å². The maximum absolute atomic E-state index is 7.15. The van der Waals surface area contributed by atoms with Gasteiger partial charge in [0.25, 0.3) is 0 Å². The third-order valence-corrected chi connectivity index (χ3v) is 14.0. The molecule has 6 aliphatic rings. The molecule has 1 aromatic heterocycles. The van der Waals surface area contributed by atoms with E-state index in [0.717, 1.165) is 69.6 Å². The summed E-state index contributed by atoms with van der Waals surface area (Å²) in [5, 5.41) is 0. The third-order valence-electron chi connectivity index (χ3n) is 14.0. The maximum Gasteiger partial charge on any atom is 0.102 e. The van der Waals surface area contributed by atoms with Crippen LogP contribution in [0.4, 0.5) is 0 Å². The highest BCUT2D eigenvalue weighted by Gasteiger charge is 2.66. The van der Waals surface area contributed by atoms with Gasteiger partial charge < -0.3 is 28.4 Å². The van der Waals surface area contributed by atoms with Gasteiger partial charge in [-0.15, -0.1) is 0 Å². The second-order valence-electron chi connectivity index (χ2n) is 15.8. The van der Waals surface area contributed by atoms with E-state index in [0.29, 0.717) is 11.5 Å². The van der Waals surface area contributed by atoms with Crippen molar-refractivity contribution in [2.75, 3.05) is 65.7 Å². The summed E-state index contributed by atoms with van der Waals surface area (Å²) < 4.78 is 25.3.